The molecule has 1 saturated heterocycles. The second kappa shape index (κ2) is 11.4. The van der Waals surface area contributed by atoms with Crippen LogP contribution in [0.3, 0.4) is 0 Å². The first-order chi connectivity index (χ1) is 12.2. The maximum Gasteiger partial charge on any atom is 0.191 e. The molecule has 1 aromatic rings. The first-order valence-electron chi connectivity index (χ1n) is 9.57. The molecule has 1 fully saturated rings. The zero-order valence-corrected chi connectivity index (χ0v) is 16.8. The first-order valence-corrected chi connectivity index (χ1v) is 11.0. The predicted molar refractivity (Wildman–Crippen MR) is 112 cm³/mol. The van der Waals surface area contributed by atoms with Crippen molar-refractivity contribution in [3.63, 3.8) is 0 Å². The fourth-order valence-corrected chi connectivity index (χ4v) is 3.70. The van der Waals surface area contributed by atoms with Gasteiger partial charge in [-0.15, -0.1) is 0 Å². The monoisotopic (exact) mass is 362 g/mol. The molecule has 1 unspecified atom stereocenters. The van der Waals surface area contributed by atoms with E-state index < -0.39 is 0 Å². The summed E-state index contributed by atoms with van der Waals surface area (Å²) in [7, 11) is 0. The molecule has 1 aliphatic rings. The topological polar surface area (TPSA) is 39.7 Å². The zero-order valence-electron chi connectivity index (χ0n) is 16.0. The molecular weight excluding hydrogens is 328 g/mol. The fraction of sp³-hybridized carbons (Fsp3) is 0.650. The van der Waals surface area contributed by atoms with E-state index in [-0.39, 0.29) is 0 Å². The molecule has 0 saturated carbocycles. The standard InChI is InChI=1S/C20H34N4S/c1-4-21-20(22-13-8-16-25-3)23-19-11-14-24(15-12-19)17(2)18-9-6-5-7-10-18/h5-7,9-10,17,19H,4,8,11-16H2,1-3H3,(H2,21,22,23). The number of likely N-dealkylation sites (tertiary alicyclic amines) is 1. The van der Waals surface area contributed by atoms with Crippen LogP contribution >= 0.6 is 11.8 Å². The van der Waals surface area contributed by atoms with Crippen LogP contribution in [0.2, 0.25) is 0 Å². The van der Waals surface area contributed by atoms with Crippen LogP contribution in [0.1, 0.15) is 44.7 Å². The summed E-state index contributed by atoms with van der Waals surface area (Å²) in [6.45, 7) is 8.54. The first kappa shape index (κ1) is 20.1. The van der Waals surface area contributed by atoms with Crippen molar-refractivity contribution in [2.75, 3.05) is 38.2 Å². The summed E-state index contributed by atoms with van der Waals surface area (Å²) in [6, 6.07) is 11.9. The fourth-order valence-electron chi connectivity index (χ4n) is 3.29. The highest BCUT2D eigenvalue weighted by atomic mass is 32.2. The van der Waals surface area contributed by atoms with Crippen molar-refractivity contribution in [1.29, 1.82) is 0 Å². The third-order valence-corrected chi connectivity index (χ3v) is 5.52. The van der Waals surface area contributed by atoms with Crippen molar-refractivity contribution in [2.24, 2.45) is 4.99 Å². The number of rotatable bonds is 8. The number of benzene rings is 1. The van der Waals surface area contributed by atoms with Gasteiger partial charge in [0.2, 0.25) is 0 Å². The summed E-state index contributed by atoms with van der Waals surface area (Å²) in [5.74, 6) is 2.16. The van der Waals surface area contributed by atoms with E-state index in [2.05, 4.69) is 66.0 Å². The molecule has 0 radical (unpaired) electrons. The number of hydrogen-bond donors (Lipinski definition) is 2. The molecule has 1 heterocycles. The number of aliphatic imine (C=N–C) groups is 1. The quantitative estimate of drug-likeness (QED) is 0.422. The van der Waals surface area contributed by atoms with E-state index in [0.29, 0.717) is 12.1 Å². The van der Waals surface area contributed by atoms with Crippen molar-refractivity contribution in [2.45, 2.75) is 45.2 Å². The van der Waals surface area contributed by atoms with Crippen molar-refractivity contribution in [3.05, 3.63) is 35.9 Å². The van der Waals surface area contributed by atoms with E-state index in [0.717, 1.165) is 38.6 Å². The van der Waals surface area contributed by atoms with Gasteiger partial charge in [-0.05, 0) is 50.7 Å². The maximum absolute atomic E-state index is 4.71. The minimum Gasteiger partial charge on any atom is -0.357 e. The van der Waals surface area contributed by atoms with Crippen LogP contribution < -0.4 is 10.6 Å². The van der Waals surface area contributed by atoms with Crippen molar-refractivity contribution in [3.8, 4) is 0 Å². The van der Waals surface area contributed by atoms with E-state index in [1.807, 2.05) is 11.8 Å². The van der Waals surface area contributed by atoms with Crippen molar-refractivity contribution in [1.82, 2.24) is 15.5 Å². The van der Waals surface area contributed by atoms with Crippen molar-refractivity contribution < 1.29 is 0 Å². The summed E-state index contributed by atoms with van der Waals surface area (Å²) in [4.78, 5) is 7.31. The minimum atomic E-state index is 0.496. The van der Waals surface area contributed by atoms with Gasteiger partial charge in [0.05, 0.1) is 0 Å². The number of thioether (sulfide) groups is 1. The summed E-state index contributed by atoms with van der Waals surface area (Å²) >= 11 is 1.89. The molecule has 0 aromatic heterocycles. The normalized spacial score (nSPS) is 18.1. The molecule has 1 aliphatic heterocycles. The van der Waals surface area contributed by atoms with E-state index >= 15 is 0 Å². The largest absolute Gasteiger partial charge is 0.357 e. The Bertz CT molecular complexity index is 498. The third kappa shape index (κ3) is 6.90. The average Bonchev–Trinajstić information content (AvgIpc) is 2.66. The number of guanidine groups is 1. The van der Waals surface area contributed by atoms with Gasteiger partial charge in [-0.25, -0.2) is 0 Å². The van der Waals surface area contributed by atoms with Gasteiger partial charge in [0, 0.05) is 38.3 Å². The Morgan fingerprint density at radius 3 is 2.64 bits per heavy atom. The smallest absolute Gasteiger partial charge is 0.191 e. The van der Waals surface area contributed by atoms with Crippen molar-refractivity contribution >= 4 is 17.7 Å². The number of nitrogens with zero attached hydrogens (tertiary/aromatic N) is 2. The van der Waals surface area contributed by atoms with Gasteiger partial charge >= 0.3 is 0 Å². The number of piperidine rings is 1. The lowest BCUT2D eigenvalue weighted by Crippen LogP contribution is -2.49. The van der Waals surface area contributed by atoms with Gasteiger partial charge in [0.15, 0.2) is 5.96 Å². The lowest BCUT2D eigenvalue weighted by atomic mass is 10.0. The maximum atomic E-state index is 4.71. The highest BCUT2D eigenvalue weighted by Gasteiger charge is 2.23. The zero-order chi connectivity index (χ0) is 17.9. The SMILES string of the molecule is CCNC(=NCCCSC)NC1CCN(C(C)c2ccccc2)CC1. The molecule has 2 N–H and O–H groups in total. The van der Waals surface area contributed by atoms with Crippen LogP contribution in [0.5, 0.6) is 0 Å². The van der Waals surface area contributed by atoms with Gasteiger partial charge in [-0.3, -0.25) is 9.89 Å². The Hall–Kier alpha value is -1.20. The molecule has 0 bridgehead atoms. The van der Waals surface area contributed by atoms with E-state index in [4.69, 9.17) is 4.99 Å². The highest BCUT2D eigenvalue weighted by molar-refractivity contribution is 7.98. The lowest BCUT2D eigenvalue weighted by Gasteiger charge is -2.37. The van der Waals surface area contributed by atoms with E-state index in [9.17, 15) is 0 Å². The van der Waals surface area contributed by atoms with E-state index in [1.54, 1.807) is 0 Å². The summed E-state index contributed by atoms with van der Waals surface area (Å²) < 4.78 is 0. The molecule has 1 aromatic carbocycles. The molecule has 5 heteroatoms. The molecule has 4 nitrogen and oxygen atoms in total. The third-order valence-electron chi connectivity index (χ3n) is 4.82. The molecule has 0 amide bonds. The summed E-state index contributed by atoms with van der Waals surface area (Å²) in [5, 5.41) is 7.02. The Balaban J connectivity index is 1.79. The Morgan fingerprint density at radius 2 is 2.00 bits per heavy atom. The highest BCUT2D eigenvalue weighted by Crippen LogP contribution is 2.23. The van der Waals surface area contributed by atoms with Gasteiger partial charge < -0.3 is 10.6 Å². The molecule has 0 aliphatic carbocycles. The van der Waals surface area contributed by atoms with Crippen LogP contribution in [-0.2, 0) is 0 Å². The van der Waals surface area contributed by atoms with Crippen LogP contribution in [0, 0.1) is 0 Å². The molecule has 2 rings (SSSR count). The predicted octanol–water partition coefficient (Wildman–Crippen LogP) is 3.52. The lowest BCUT2D eigenvalue weighted by molar-refractivity contribution is 0.158. The summed E-state index contributed by atoms with van der Waals surface area (Å²) in [6.07, 6.45) is 5.64. The molecule has 1 atom stereocenters. The number of nitrogens with one attached hydrogen (secondary N) is 2. The Morgan fingerprint density at radius 1 is 1.28 bits per heavy atom. The Kier molecular flexibility index (Phi) is 9.19. The summed E-state index contributed by atoms with van der Waals surface area (Å²) in [5.41, 5.74) is 1.41. The van der Waals surface area contributed by atoms with E-state index in [1.165, 1.54) is 24.2 Å². The second-order valence-electron chi connectivity index (χ2n) is 6.65. The minimum absolute atomic E-state index is 0.496. The van der Waals surface area contributed by atoms with Gasteiger partial charge in [-0.1, -0.05) is 30.3 Å². The molecule has 0 spiro atoms. The van der Waals surface area contributed by atoms with Gasteiger partial charge in [0.1, 0.15) is 0 Å². The van der Waals surface area contributed by atoms with Crippen LogP contribution in [0.15, 0.2) is 35.3 Å². The number of hydrogen-bond acceptors (Lipinski definition) is 3. The molecule has 25 heavy (non-hydrogen) atoms. The Labute approximate surface area is 157 Å². The molecular formula is C20H34N4S. The van der Waals surface area contributed by atoms with Gasteiger partial charge in [0.25, 0.3) is 0 Å². The van der Waals surface area contributed by atoms with Crippen LogP contribution in [-0.4, -0.2) is 55.1 Å². The second-order valence-corrected chi connectivity index (χ2v) is 7.63. The average molecular weight is 363 g/mol. The van der Waals surface area contributed by atoms with Gasteiger partial charge in [-0.2, -0.15) is 11.8 Å². The van der Waals surface area contributed by atoms with Crippen LogP contribution in [0.25, 0.3) is 0 Å². The molecule has 140 valence electrons. The van der Waals surface area contributed by atoms with Crippen LogP contribution in [0.4, 0.5) is 0 Å².